The lowest BCUT2D eigenvalue weighted by Crippen LogP contribution is -2.06. The summed E-state index contributed by atoms with van der Waals surface area (Å²) in [5, 5.41) is -0.730. The number of aromatic nitrogens is 1. The summed E-state index contributed by atoms with van der Waals surface area (Å²) in [6.07, 6.45) is -2.88. The van der Waals surface area contributed by atoms with Crippen molar-refractivity contribution in [2.75, 3.05) is 5.73 Å². The third-order valence-electron chi connectivity index (χ3n) is 1.45. The molecule has 0 aromatic carbocycles. The molecule has 0 saturated heterocycles. The Morgan fingerprint density at radius 1 is 1.53 bits per heavy atom. The second-order valence-corrected chi connectivity index (χ2v) is 6.13. The fourth-order valence-electron chi connectivity index (χ4n) is 0.817. The van der Waals surface area contributed by atoms with Crippen LogP contribution in [0.1, 0.15) is 12.1 Å². The summed E-state index contributed by atoms with van der Waals surface area (Å²) < 4.78 is 46.7. The minimum absolute atomic E-state index is 0.164. The highest BCUT2D eigenvalue weighted by atomic mass is 127. The standard InChI is InChI=1S/C6H4ClF2IN2O2S/c7-15(13,14)6-4(11)2(10)1-3(12-6)5(8)9/h1,5H,11H2. The zero-order valence-corrected chi connectivity index (χ0v) is 10.6. The van der Waals surface area contributed by atoms with Crippen molar-refractivity contribution in [1.29, 1.82) is 0 Å². The van der Waals surface area contributed by atoms with Gasteiger partial charge in [0.05, 0.1) is 5.69 Å². The van der Waals surface area contributed by atoms with Gasteiger partial charge < -0.3 is 5.73 Å². The first-order chi connectivity index (χ1) is 6.73. The molecule has 0 aliphatic heterocycles. The van der Waals surface area contributed by atoms with Gasteiger partial charge in [0, 0.05) is 14.3 Å². The molecule has 1 aromatic rings. The van der Waals surface area contributed by atoms with E-state index < -0.39 is 26.2 Å². The molecule has 0 atom stereocenters. The number of rotatable bonds is 2. The van der Waals surface area contributed by atoms with Gasteiger partial charge in [0.1, 0.15) is 5.69 Å². The van der Waals surface area contributed by atoms with Gasteiger partial charge in [-0.15, -0.1) is 0 Å². The summed E-state index contributed by atoms with van der Waals surface area (Å²) in [5.74, 6) is 0. The maximum atomic E-state index is 12.3. The summed E-state index contributed by atoms with van der Waals surface area (Å²) in [5.41, 5.74) is 4.46. The number of hydrogen-bond donors (Lipinski definition) is 1. The predicted octanol–water partition coefficient (Wildman–Crippen LogP) is 2.13. The van der Waals surface area contributed by atoms with E-state index in [4.69, 9.17) is 16.4 Å². The van der Waals surface area contributed by atoms with Gasteiger partial charge in [-0.05, 0) is 28.7 Å². The number of pyridine rings is 1. The maximum Gasteiger partial charge on any atom is 0.280 e. The van der Waals surface area contributed by atoms with Gasteiger partial charge in [0.25, 0.3) is 15.5 Å². The zero-order chi connectivity index (χ0) is 11.8. The van der Waals surface area contributed by atoms with Crippen molar-refractivity contribution in [2.24, 2.45) is 0 Å². The van der Waals surface area contributed by atoms with E-state index in [2.05, 4.69) is 4.98 Å². The van der Waals surface area contributed by atoms with Crippen LogP contribution >= 0.6 is 33.3 Å². The van der Waals surface area contributed by atoms with Gasteiger partial charge in [-0.25, -0.2) is 22.2 Å². The molecule has 0 radical (unpaired) electrons. The van der Waals surface area contributed by atoms with Gasteiger partial charge in [-0.1, -0.05) is 0 Å². The molecule has 0 amide bonds. The molecule has 0 saturated carbocycles. The van der Waals surface area contributed by atoms with E-state index in [0.29, 0.717) is 0 Å². The first kappa shape index (κ1) is 12.8. The van der Waals surface area contributed by atoms with E-state index in [1.165, 1.54) is 0 Å². The quantitative estimate of drug-likeness (QED) is 0.641. The molecule has 84 valence electrons. The van der Waals surface area contributed by atoms with E-state index in [0.717, 1.165) is 6.07 Å². The highest BCUT2D eigenvalue weighted by Crippen LogP contribution is 2.29. The van der Waals surface area contributed by atoms with Crippen molar-refractivity contribution >= 4 is 48.0 Å². The zero-order valence-electron chi connectivity index (χ0n) is 6.92. The van der Waals surface area contributed by atoms with Crippen LogP contribution in [0.4, 0.5) is 14.5 Å². The van der Waals surface area contributed by atoms with Crippen molar-refractivity contribution in [3.63, 3.8) is 0 Å². The van der Waals surface area contributed by atoms with Crippen LogP contribution in [0, 0.1) is 3.57 Å². The van der Waals surface area contributed by atoms with Gasteiger partial charge in [-0.2, -0.15) is 0 Å². The van der Waals surface area contributed by atoms with E-state index in [1.807, 2.05) is 0 Å². The number of anilines is 1. The average Bonchev–Trinajstić information content (AvgIpc) is 2.06. The summed E-state index contributed by atoms with van der Waals surface area (Å²) >= 11 is 1.63. The van der Waals surface area contributed by atoms with E-state index in [1.54, 1.807) is 22.6 Å². The van der Waals surface area contributed by atoms with E-state index in [9.17, 15) is 17.2 Å². The number of nitrogens with two attached hydrogens (primary N) is 1. The molecule has 2 N–H and O–H groups in total. The first-order valence-corrected chi connectivity index (χ1v) is 6.81. The molecule has 0 fully saturated rings. The van der Waals surface area contributed by atoms with Crippen LogP contribution in [0.15, 0.2) is 11.1 Å². The normalized spacial score (nSPS) is 12.1. The minimum Gasteiger partial charge on any atom is -0.395 e. The van der Waals surface area contributed by atoms with Gasteiger partial charge in [-0.3, -0.25) is 0 Å². The molecule has 1 heterocycles. The molecule has 15 heavy (non-hydrogen) atoms. The fraction of sp³-hybridized carbons (Fsp3) is 0.167. The molecule has 0 aliphatic rings. The van der Waals surface area contributed by atoms with Crippen LogP contribution in [0.3, 0.4) is 0 Å². The second-order valence-electron chi connectivity index (χ2n) is 2.49. The Balaban J connectivity index is 3.52. The van der Waals surface area contributed by atoms with Gasteiger partial charge in [0.15, 0.2) is 5.03 Å². The monoisotopic (exact) mass is 368 g/mol. The van der Waals surface area contributed by atoms with Crippen molar-refractivity contribution in [1.82, 2.24) is 4.98 Å². The number of hydrogen-bond acceptors (Lipinski definition) is 4. The Labute approximate surface area is 102 Å². The number of nitrogen functional groups attached to an aromatic ring is 1. The fourth-order valence-corrected chi connectivity index (χ4v) is 2.51. The first-order valence-electron chi connectivity index (χ1n) is 3.42. The van der Waals surface area contributed by atoms with Crippen LogP contribution in [0.25, 0.3) is 0 Å². The van der Waals surface area contributed by atoms with Crippen LogP contribution in [-0.2, 0) is 9.05 Å². The molecular weight excluding hydrogens is 364 g/mol. The van der Waals surface area contributed by atoms with Crippen molar-refractivity contribution in [3.05, 3.63) is 15.3 Å². The topological polar surface area (TPSA) is 73.0 Å². The summed E-state index contributed by atoms with van der Waals surface area (Å²) in [7, 11) is 0.780. The summed E-state index contributed by atoms with van der Waals surface area (Å²) in [4.78, 5) is 3.20. The predicted molar refractivity (Wildman–Crippen MR) is 59.4 cm³/mol. The lowest BCUT2D eigenvalue weighted by Gasteiger charge is -2.06. The molecule has 4 nitrogen and oxygen atoms in total. The molecular formula is C6H4ClF2IN2O2S. The highest BCUT2D eigenvalue weighted by Gasteiger charge is 2.22. The SMILES string of the molecule is Nc1c(I)cc(C(F)F)nc1S(=O)(=O)Cl. The molecule has 1 rings (SSSR count). The van der Waals surface area contributed by atoms with Gasteiger partial charge >= 0.3 is 0 Å². The van der Waals surface area contributed by atoms with Crippen LogP contribution in [0.2, 0.25) is 0 Å². The summed E-state index contributed by atoms with van der Waals surface area (Å²) in [6.45, 7) is 0. The lowest BCUT2D eigenvalue weighted by atomic mass is 10.3. The highest BCUT2D eigenvalue weighted by molar-refractivity contribution is 14.1. The Bertz CT molecular complexity index is 494. The van der Waals surface area contributed by atoms with Crippen molar-refractivity contribution < 1.29 is 17.2 Å². The largest absolute Gasteiger partial charge is 0.395 e. The smallest absolute Gasteiger partial charge is 0.280 e. The molecule has 0 spiro atoms. The Kier molecular flexibility index (Phi) is 3.71. The van der Waals surface area contributed by atoms with Gasteiger partial charge in [0.2, 0.25) is 0 Å². The lowest BCUT2D eigenvalue weighted by molar-refractivity contribution is 0.145. The number of nitrogens with zero attached hydrogens (tertiary/aromatic N) is 1. The Morgan fingerprint density at radius 3 is 2.47 bits per heavy atom. The van der Waals surface area contributed by atoms with Crippen LogP contribution in [0.5, 0.6) is 0 Å². The summed E-state index contributed by atoms with van der Waals surface area (Å²) in [6, 6.07) is 1.01. The van der Waals surface area contributed by atoms with E-state index >= 15 is 0 Å². The second kappa shape index (κ2) is 4.34. The molecule has 0 unspecified atom stereocenters. The maximum absolute atomic E-state index is 12.3. The third kappa shape index (κ3) is 2.88. The molecule has 9 heteroatoms. The Hall–Kier alpha value is -0.220. The third-order valence-corrected chi connectivity index (χ3v) is 3.55. The Morgan fingerprint density at radius 2 is 2.07 bits per heavy atom. The molecule has 0 bridgehead atoms. The van der Waals surface area contributed by atoms with Crippen LogP contribution in [-0.4, -0.2) is 13.4 Å². The van der Waals surface area contributed by atoms with E-state index in [-0.39, 0.29) is 9.26 Å². The number of alkyl halides is 2. The molecule has 0 aliphatic carbocycles. The van der Waals surface area contributed by atoms with Crippen LogP contribution < -0.4 is 5.73 Å². The van der Waals surface area contributed by atoms with Crippen molar-refractivity contribution in [3.8, 4) is 0 Å². The van der Waals surface area contributed by atoms with Crippen molar-refractivity contribution in [2.45, 2.75) is 11.5 Å². The average molecular weight is 369 g/mol. The minimum atomic E-state index is -4.21. The molecule has 1 aromatic heterocycles. The number of halogens is 4.